The Balaban J connectivity index is 2.44. The predicted molar refractivity (Wildman–Crippen MR) is 69.3 cm³/mol. The van der Waals surface area contributed by atoms with Crippen molar-refractivity contribution in [3.05, 3.63) is 69.2 Å². The van der Waals surface area contributed by atoms with Crippen LogP contribution in [0, 0.1) is 18.6 Å². The van der Waals surface area contributed by atoms with Gasteiger partial charge in [0, 0.05) is 4.47 Å². The number of aliphatic hydroxyl groups excluding tert-OH is 1. The molecule has 0 heterocycles. The molecule has 94 valence electrons. The molecule has 1 nitrogen and oxygen atoms in total. The van der Waals surface area contributed by atoms with Crippen LogP contribution < -0.4 is 0 Å². The van der Waals surface area contributed by atoms with Crippen LogP contribution in [0.2, 0.25) is 0 Å². The normalized spacial score (nSPS) is 12.5. The van der Waals surface area contributed by atoms with Gasteiger partial charge in [0.1, 0.15) is 17.7 Å². The highest BCUT2D eigenvalue weighted by Crippen LogP contribution is 2.30. The molecule has 1 atom stereocenters. The molecule has 1 unspecified atom stereocenters. The quantitative estimate of drug-likeness (QED) is 0.884. The van der Waals surface area contributed by atoms with Gasteiger partial charge in [-0.1, -0.05) is 28.1 Å². The molecular weight excluding hydrogens is 302 g/mol. The largest absolute Gasteiger partial charge is 0.384 e. The first kappa shape index (κ1) is 13.2. The zero-order valence-corrected chi connectivity index (χ0v) is 11.2. The number of rotatable bonds is 2. The molecule has 0 aliphatic carbocycles. The number of hydrogen-bond acceptors (Lipinski definition) is 1. The first-order chi connectivity index (χ1) is 8.49. The molecule has 18 heavy (non-hydrogen) atoms. The van der Waals surface area contributed by atoms with E-state index in [2.05, 4.69) is 15.9 Å². The van der Waals surface area contributed by atoms with E-state index >= 15 is 0 Å². The first-order valence-electron chi connectivity index (χ1n) is 5.38. The summed E-state index contributed by atoms with van der Waals surface area (Å²) in [5.41, 5.74) is 1.80. The molecule has 2 aromatic carbocycles. The average molecular weight is 313 g/mol. The van der Waals surface area contributed by atoms with Crippen LogP contribution in [-0.2, 0) is 0 Å². The van der Waals surface area contributed by atoms with E-state index < -0.39 is 6.10 Å². The van der Waals surface area contributed by atoms with Gasteiger partial charge in [-0.05, 0) is 47.9 Å². The number of halogens is 3. The second kappa shape index (κ2) is 5.16. The van der Waals surface area contributed by atoms with Crippen LogP contribution in [0.15, 0.2) is 40.9 Å². The van der Waals surface area contributed by atoms with Gasteiger partial charge in [-0.2, -0.15) is 0 Å². The highest BCUT2D eigenvalue weighted by Gasteiger charge is 2.16. The minimum atomic E-state index is -0.916. The Morgan fingerprint density at radius 2 is 1.56 bits per heavy atom. The fraction of sp³-hybridized carbons (Fsp3) is 0.143. The summed E-state index contributed by atoms with van der Waals surface area (Å²) in [6.45, 7) is 1.72. The minimum Gasteiger partial charge on any atom is -0.384 e. The SMILES string of the molecule is Cc1cc(F)ccc1C(O)c1ccc(F)cc1Br. The topological polar surface area (TPSA) is 20.2 Å². The van der Waals surface area contributed by atoms with E-state index in [4.69, 9.17) is 0 Å². The van der Waals surface area contributed by atoms with Crippen molar-refractivity contribution >= 4 is 15.9 Å². The van der Waals surface area contributed by atoms with Gasteiger partial charge in [0.05, 0.1) is 0 Å². The molecule has 0 amide bonds. The maximum absolute atomic E-state index is 13.0. The summed E-state index contributed by atoms with van der Waals surface area (Å²) in [5.74, 6) is -0.727. The Morgan fingerprint density at radius 1 is 1.00 bits per heavy atom. The number of hydrogen-bond donors (Lipinski definition) is 1. The molecule has 0 spiro atoms. The molecule has 0 saturated heterocycles. The fourth-order valence-corrected chi connectivity index (χ4v) is 2.40. The zero-order valence-electron chi connectivity index (χ0n) is 9.62. The molecule has 0 radical (unpaired) electrons. The molecule has 4 heteroatoms. The maximum Gasteiger partial charge on any atom is 0.124 e. The van der Waals surface area contributed by atoms with Crippen LogP contribution in [0.5, 0.6) is 0 Å². The maximum atomic E-state index is 13.0. The third-order valence-electron chi connectivity index (χ3n) is 2.78. The lowest BCUT2D eigenvalue weighted by atomic mass is 9.97. The van der Waals surface area contributed by atoms with Crippen molar-refractivity contribution in [3.63, 3.8) is 0 Å². The number of benzene rings is 2. The Morgan fingerprint density at radius 3 is 2.11 bits per heavy atom. The molecule has 0 fully saturated rings. The molecule has 0 aliphatic rings. The second-order valence-electron chi connectivity index (χ2n) is 4.07. The lowest BCUT2D eigenvalue weighted by Crippen LogP contribution is -2.03. The van der Waals surface area contributed by atoms with Crippen molar-refractivity contribution in [2.24, 2.45) is 0 Å². The van der Waals surface area contributed by atoms with Crippen LogP contribution in [-0.4, -0.2) is 5.11 Å². The van der Waals surface area contributed by atoms with E-state index in [9.17, 15) is 13.9 Å². The van der Waals surface area contributed by atoms with Crippen molar-refractivity contribution in [2.45, 2.75) is 13.0 Å². The van der Waals surface area contributed by atoms with Crippen molar-refractivity contribution in [1.82, 2.24) is 0 Å². The smallest absolute Gasteiger partial charge is 0.124 e. The van der Waals surface area contributed by atoms with E-state index in [1.165, 1.54) is 36.4 Å². The van der Waals surface area contributed by atoms with Crippen LogP contribution in [0.25, 0.3) is 0 Å². The summed E-state index contributed by atoms with van der Waals surface area (Å²) in [5, 5.41) is 10.3. The van der Waals surface area contributed by atoms with Crippen molar-refractivity contribution in [2.75, 3.05) is 0 Å². The van der Waals surface area contributed by atoms with E-state index in [1.54, 1.807) is 6.92 Å². The Hall–Kier alpha value is -1.26. The molecule has 0 bridgehead atoms. The summed E-state index contributed by atoms with van der Waals surface area (Å²) in [6.07, 6.45) is -0.916. The van der Waals surface area contributed by atoms with Gasteiger partial charge in [-0.15, -0.1) is 0 Å². The minimum absolute atomic E-state index is 0.346. The summed E-state index contributed by atoms with van der Waals surface area (Å²) < 4.78 is 26.5. The summed E-state index contributed by atoms with van der Waals surface area (Å²) in [7, 11) is 0. The van der Waals surface area contributed by atoms with Gasteiger partial charge in [-0.3, -0.25) is 0 Å². The van der Waals surface area contributed by atoms with Gasteiger partial charge in [0.15, 0.2) is 0 Å². The van der Waals surface area contributed by atoms with Crippen molar-refractivity contribution in [3.8, 4) is 0 Å². The molecule has 0 aromatic heterocycles. The number of aliphatic hydroxyl groups is 1. The van der Waals surface area contributed by atoms with Crippen LogP contribution in [0.3, 0.4) is 0 Å². The molecular formula is C14H11BrF2O. The Kier molecular flexibility index (Phi) is 3.78. The van der Waals surface area contributed by atoms with E-state index in [0.717, 1.165) is 0 Å². The number of aryl methyl sites for hydroxylation is 1. The van der Waals surface area contributed by atoms with Crippen molar-refractivity contribution < 1.29 is 13.9 Å². The molecule has 0 aliphatic heterocycles. The third kappa shape index (κ3) is 2.60. The van der Waals surface area contributed by atoms with Gasteiger partial charge < -0.3 is 5.11 Å². The van der Waals surface area contributed by atoms with Crippen LogP contribution >= 0.6 is 15.9 Å². The summed E-state index contributed by atoms with van der Waals surface area (Å²) >= 11 is 3.21. The van der Waals surface area contributed by atoms with Gasteiger partial charge in [-0.25, -0.2) is 8.78 Å². The standard InChI is InChI=1S/C14H11BrF2O/c1-8-6-9(16)2-4-11(8)14(18)12-5-3-10(17)7-13(12)15/h2-7,14,18H,1H3. The lowest BCUT2D eigenvalue weighted by Gasteiger charge is -2.15. The lowest BCUT2D eigenvalue weighted by molar-refractivity contribution is 0.218. The van der Waals surface area contributed by atoms with Crippen molar-refractivity contribution in [1.29, 1.82) is 0 Å². The zero-order chi connectivity index (χ0) is 13.3. The third-order valence-corrected chi connectivity index (χ3v) is 3.47. The summed E-state index contributed by atoms with van der Waals surface area (Å²) in [4.78, 5) is 0. The van der Waals surface area contributed by atoms with E-state index in [-0.39, 0.29) is 11.6 Å². The molecule has 2 aromatic rings. The molecule has 0 saturated carbocycles. The molecule has 1 N–H and O–H groups in total. The van der Waals surface area contributed by atoms with E-state index in [1.807, 2.05) is 0 Å². The highest BCUT2D eigenvalue weighted by molar-refractivity contribution is 9.10. The highest BCUT2D eigenvalue weighted by atomic mass is 79.9. The predicted octanol–water partition coefficient (Wildman–Crippen LogP) is 4.12. The Bertz CT molecular complexity index is 533. The second-order valence-corrected chi connectivity index (χ2v) is 4.92. The Labute approximate surface area is 112 Å². The average Bonchev–Trinajstić information content (AvgIpc) is 2.28. The fourth-order valence-electron chi connectivity index (χ4n) is 1.84. The van der Waals surface area contributed by atoms with Crippen LogP contribution in [0.1, 0.15) is 22.8 Å². The monoisotopic (exact) mass is 312 g/mol. The molecule has 2 rings (SSSR count). The van der Waals surface area contributed by atoms with Gasteiger partial charge >= 0.3 is 0 Å². The van der Waals surface area contributed by atoms with Gasteiger partial charge in [0.2, 0.25) is 0 Å². The van der Waals surface area contributed by atoms with Crippen LogP contribution in [0.4, 0.5) is 8.78 Å². The summed E-state index contributed by atoms with van der Waals surface area (Å²) in [6, 6.07) is 8.26. The van der Waals surface area contributed by atoms with Gasteiger partial charge in [0.25, 0.3) is 0 Å². The van der Waals surface area contributed by atoms with E-state index in [0.29, 0.717) is 21.2 Å². The first-order valence-corrected chi connectivity index (χ1v) is 6.17.